The number of aryl methyl sites for hydroxylation is 1. The predicted octanol–water partition coefficient (Wildman–Crippen LogP) is 2.87. The maximum absolute atomic E-state index is 4.54. The van der Waals surface area contributed by atoms with Crippen LogP contribution in [0.5, 0.6) is 0 Å². The summed E-state index contributed by atoms with van der Waals surface area (Å²) in [5, 5.41) is 6.71. The Labute approximate surface area is 97.1 Å². The number of nitrogens with one attached hydrogen (secondary N) is 1. The average molecular weight is 226 g/mol. The van der Waals surface area contributed by atoms with Gasteiger partial charge in [0.05, 0.1) is 10.7 Å². The van der Waals surface area contributed by atoms with E-state index in [4.69, 9.17) is 0 Å². The molecule has 2 atom stereocenters. The smallest absolute Gasteiger partial charge is 0.0897 e. The SMILES string of the molecule is CNC(C)C(Cc1csc(C)n1)C(C)C. The summed E-state index contributed by atoms with van der Waals surface area (Å²) in [5.41, 5.74) is 1.25. The van der Waals surface area contributed by atoms with Crippen LogP contribution in [0.3, 0.4) is 0 Å². The molecule has 1 rings (SSSR count). The molecule has 2 nitrogen and oxygen atoms in total. The summed E-state index contributed by atoms with van der Waals surface area (Å²) in [5.74, 6) is 1.35. The minimum atomic E-state index is 0.548. The lowest BCUT2D eigenvalue weighted by atomic mass is 9.85. The fourth-order valence-corrected chi connectivity index (χ4v) is 2.57. The predicted molar refractivity (Wildman–Crippen MR) is 67.4 cm³/mol. The summed E-state index contributed by atoms with van der Waals surface area (Å²) >= 11 is 1.75. The minimum Gasteiger partial charge on any atom is -0.317 e. The van der Waals surface area contributed by atoms with Crippen molar-refractivity contribution < 1.29 is 0 Å². The summed E-state index contributed by atoms with van der Waals surface area (Å²) < 4.78 is 0. The topological polar surface area (TPSA) is 24.9 Å². The van der Waals surface area contributed by atoms with Crippen LogP contribution in [-0.2, 0) is 6.42 Å². The van der Waals surface area contributed by atoms with Crippen LogP contribution in [-0.4, -0.2) is 18.1 Å². The molecule has 3 heteroatoms. The molecule has 1 N–H and O–H groups in total. The molecule has 0 fully saturated rings. The van der Waals surface area contributed by atoms with E-state index in [9.17, 15) is 0 Å². The lowest BCUT2D eigenvalue weighted by Gasteiger charge is -2.26. The Morgan fingerprint density at radius 3 is 2.47 bits per heavy atom. The molecule has 1 heterocycles. The molecule has 0 aliphatic carbocycles. The third kappa shape index (κ3) is 3.58. The van der Waals surface area contributed by atoms with Crippen LogP contribution in [0.25, 0.3) is 0 Å². The van der Waals surface area contributed by atoms with E-state index in [2.05, 4.69) is 43.4 Å². The van der Waals surface area contributed by atoms with Gasteiger partial charge in [0.25, 0.3) is 0 Å². The van der Waals surface area contributed by atoms with Gasteiger partial charge in [-0.3, -0.25) is 0 Å². The summed E-state index contributed by atoms with van der Waals surface area (Å²) in [7, 11) is 2.03. The van der Waals surface area contributed by atoms with Gasteiger partial charge in [0, 0.05) is 11.4 Å². The first-order valence-electron chi connectivity index (χ1n) is 5.62. The standard InChI is InChI=1S/C12H22N2S/c1-8(2)12(9(3)13-5)6-11-7-15-10(4)14-11/h7-9,12-13H,6H2,1-5H3. The van der Waals surface area contributed by atoms with Crippen molar-refractivity contribution in [1.82, 2.24) is 10.3 Å². The van der Waals surface area contributed by atoms with Crippen molar-refractivity contribution in [1.29, 1.82) is 0 Å². The second kappa shape index (κ2) is 5.61. The van der Waals surface area contributed by atoms with E-state index >= 15 is 0 Å². The first-order chi connectivity index (χ1) is 7.04. The third-order valence-corrected chi connectivity index (χ3v) is 3.89. The van der Waals surface area contributed by atoms with E-state index in [0.717, 1.165) is 6.42 Å². The fraction of sp³-hybridized carbons (Fsp3) is 0.750. The van der Waals surface area contributed by atoms with Crippen molar-refractivity contribution in [2.45, 2.75) is 40.2 Å². The molecule has 0 spiro atoms. The van der Waals surface area contributed by atoms with Gasteiger partial charge in [-0.1, -0.05) is 13.8 Å². The van der Waals surface area contributed by atoms with Crippen LogP contribution in [0, 0.1) is 18.8 Å². The molecule has 0 saturated carbocycles. The maximum atomic E-state index is 4.54. The Balaban J connectivity index is 2.66. The molecule has 1 aromatic rings. The van der Waals surface area contributed by atoms with Crippen molar-refractivity contribution in [3.63, 3.8) is 0 Å². The fourth-order valence-electron chi connectivity index (χ4n) is 1.95. The number of rotatable bonds is 5. The molecule has 0 radical (unpaired) electrons. The normalized spacial score (nSPS) is 15.6. The zero-order valence-corrected chi connectivity index (χ0v) is 11.2. The van der Waals surface area contributed by atoms with Crippen LogP contribution in [0.15, 0.2) is 5.38 Å². The number of nitrogens with zero attached hydrogens (tertiary/aromatic N) is 1. The van der Waals surface area contributed by atoms with Gasteiger partial charge in [-0.15, -0.1) is 11.3 Å². The highest BCUT2D eigenvalue weighted by atomic mass is 32.1. The first kappa shape index (κ1) is 12.7. The Morgan fingerprint density at radius 2 is 2.07 bits per heavy atom. The second-order valence-electron chi connectivity index (χ2n) is 4.55. The number of thiazole rings is 1. The summed E-state index contributed by atoms with van der Waals surface area (Å²) in [6.45, 7) is 8.90. The Bertz CT molecular complexity index is 294. The van der Waals surface area contributed by atoms with Gasteiger partial charge in [0.15, 0.2) is 0 Å². The molecule has 2 unspecified atom stereocenters. The molecular weight excluding hydrogens is 204 g/mol. The van der Waals surface area contributed by atoms with Gasteiger partial charge in [-0.05, 0) is 39.2 Å². The molecule has 86 valence electrons. The Hall–Kier alpha value is -0.410. The van der Waals surface area contributed by atoms with Crippen LogP contribution < -0.4 is 5.32 Å². The molecule has 0 amide bonds. The minimum absolute atomic E-state index is 0.548. The van der Waals surface area contributed by atoms with Crippen LogP contribution in [0.4, 0.5) is 0 Å². The Morgan fingerprint density at radius 1 is 1.40 bits per heavy atom. The zero-order valence-electron chi connectivity index (χ0n) is 10.4. The van der Waals surface area contributed by atoms with Crippen molar-refractivity contribution in [3.05, 3.63) is 16.1 Å². The van der Waals surface area contributed by atoms with Crippen molar-refractivity contribution >= 4 is 11.3 Å². The van der Waals surface area contributed by atoms with Gasteiger partial charge in [-0.2, -0.15) is 0 Å². The zero-order chi connectivity index (χ0) is 11.4. The number of aromatic nitrogens is 1. The molecule has 0 aromatic carbocycles. The molecular formula is C12H22N2S. The van der Waals surface area contributed by atoms with Crippen molar-refractivity contribution in [3.8, 4) is 0 Å². The highest BCUT2D eigenvalue weighted by Crippen LogP contribution is 2.21. The number of hydrogen-bond donors (Lipinski definition) is 1. The maximum Gasteiger partial charge on any atom is 0.0897 e. The van der Waals surface area contributed by atoms with E-state index in [1.54, 1.807) is 11.3 Å². The Kier molecular flexibility index (Phi) is 4.74. The lowest BCUT2D eigenvalue weighted by molar-refractivity contribution is 0.298. The molecule has 15 heavy (non-hydrogen) atoms. The van der Waals surface area contributed by atoms with E-state index in [-0.39, 0.29) is 0 Å². The summed E-state index contributed by atoms with van der Waals surface area (Å²) in [6.07, 6.45) is 1.09. The highest BCUT2D eigenvalue weighted by Gasteiger charge is 2.20. The van der Waals surface area contributed by atoms with Crippen molar-refractivity contribution in [2.75, 3.05) is 7.05 Å². The van der Waals surface area contributed by atoms with Crippen molar-refractivity contribution in [2.24, 2.45) is 11.8 Å². The van der Waals surface area contributed by atoms with E-state index in [1.165, 1.54) is 10.7 Å². The second-order valence-corrected chi connectivity index (χ2v) is 5.61. The van der Waals surface area contributed by atoms with Gasteiger partial charge in [0.2, 0.25) is 0 Å². The first-order valence-corrected chi connectivity index (χ1v) is 6.50. The molecule has 0 bridgehead atoms. The summed E-state index contributed by atoms with van der Waals surface area (Å²) in [4.78, 5) is 4.54. The third-order valence-electron chi connectivity index (χ3n) is 3.07. The lowest BCUT2D eigenvalue weighted by Crippen LogP contribution is -2.35. The molecule has 1 aromatic heterocycles. The average Bonchev–Trinajstić information content (AvgIpc) is 2.59. The van der Waals surface area contributed by atoms with E-state index in [1.807, 2.05) is 7.05 Å². The van der Waals surface area contributed by atoms with E-state index in [0.29, 0.717) is 17.9 Å². The summed E-state index contributed by atoms with van der Waals surface area (Å²) in [6, 6.07) is 0.548. The highest BCUT2D eigenvalue weighted by molar-refractivity contribution is 7.09. The monoisotopic (exact) mass is 226 g/mol. The van der Waals surface area contributed by atoms with Crippen LogP contribution in [0.1, 0.15) is 31.5 Å². The molecule has 0 aliphatic rings. The van der Waals surface area contributed by atoms with Crippen LogP contribution >= 0.6 is 11.3 Å². The van der Waals surface area contributed by atoms with Gasteiger partial charge in [0.1, 0.15) is 0 Å². The quantitative estimate of drug-likeness (QED) is 0.835. The van der Waals surface area contributed by atoms with Crippen LogP contribution in [0.2, 0.25) is 0 Å². The van der Waals surface area contributed by atoms with E-state index < -0.39 is 0 Å². The molecule has 0 aliphatic heterocycles. The molecule has 0 saturated heterocycles. The largest absolute Gasteiger partial charge is 0.317 e. The van der Waals surface area contributed by atoms with Gasteiger partial charge in [-0.25, -0.2) is 4.98 Å². The number of hydrogen-bond acceptors (Lipinski definition) is 3. The van der Waals surface area contributed by atoms with Gasteiger partial charge < -0.3 is 5.32 Å². The van der Waals surface area contributed by atoms with Gasteiger partial charge >= 0.3 is 0 Å².